The normalized spacial score (nSPS) is 18.1. The number of aliphatic hydroxyl groups excluding tert-OH is 1. The second kappa shape index (κ2) is 9.18. The van der Waals surface area contributed by atoms with Gasteiger partial charge < -0.3 is 28.9 Å². The van der Waals surface area contributed by atoms with Gasteiger partial charge in [-0.3, -0.25) is 14.9 Å². The number of para-hydroxylation sites is 2. The van der Waals surface area contributed by atoms with Crippen molar-refractivity contribution < 1.29 is 24.2 Å². The van der Waals surface area contributed by atoms with Crippen LogP contribution in [0.4, 0.5) is 4.79 Å². The number of imide groups is 1. The number of benzene rings is 3. The van der Waals surface area contributed by atoms with E-state index in [1.54, 1.807) is 12.5 Å². The maximum absolute atomic E-state index is 13.3. The van der Waals surface area contributed by atoms with E-state index in [1.165, 1.54) is 0 Å². The van der Waals surface area contributed by atoms with Crippen LogP contribution in [0, 0.1) is 0 Å². The van der Waals surface area contributed by atoms with Gasteiger partial charge in [0.1, 0.15) is 12.2 Å². The molecule has 0 radical (unpaired) electrons. The predicted octanol–water partition coefficient (Wildman–Crippen LogP) is 3.54. The number of nitrogens with zero attached hydrogens (tertiary/aromatic N) is 4. The molecule has 3 aromatic heterocycles. The molecule has 42 heavy (non-hydrogen) atoms. The Kier molecular flexibility index (Phi) is 5.38. The van der Waals surface area contributed by atoms with Crippen molar-refractivity contribution >= 4 is 61.5 Å². The molecule has 2 aliphatic rings. The monoisotopic (exact) mass is 562 g/mol. The first-order valence-corrected chi connectivity index (χ1v) is 13.9. The molecule has 210 valence electrons. The topological polar surface area (TPSA) is 132 Å². The number of carbonyl (C=O) groups is 3. The lowest BCUT2D eigenvalue weighted by Gasteiger charge is -2.28. The first kappa shape index (κ1) is 24.6. The average molecular weight is 563 g/mol. The highest BCUT2D eigenvalue weighted by Gasteiger charge is 2.39. The van der Waals surface area contributed by atoms with Gasteiger partial charge >= 0.3 is 6.09 Å². The number of fused-ring (bicyclic) bond motifs is 9. The Morgan fingerprint density at radius 1 is 0.952 bits per heavy atom. The Bertz CT molecular complexity index is 2090. The third-order valence-electron chi connectivity index (χ3n) is 8.44. The van der Waals surface area contributed by atoms with Crippen LogP contribution >= 0.6 is 0 Å². The lowest BCUT2D eigenvalue weighted by atomic mass is 9.96. The molecule has 0 saturated heterocycles. The zero-order valence-corrected chi connectivity index (χ0v) is 22.4. The van der Waals surface area contributed by atoms with Gasteiger partial charge in [-0.15, -0.1) is 0 Å². The minimum absolute atomic E-state index is 0.133. The lowest BCUT2D eigenvalue weighted by Crippen LogP contribution is -2.41. The maximum atomic E-state index is 13.3. The fourth-order valence-electron chi connectivity index (χ4n) is 6.69. The Balaban J connectivity index is 1.28. The van der Waals surface area contributed by atoms with Gasteiger partial charge in [0.05, 0.1) is 41.6 Å². The summed E-state index contributed by atoms with van der Waals surface area (Å²) in [6.07, 6.45) is 3.44. The highest BCUT2D eigenvalue weighted by Crippen LogP contribution is 2.45. The van der Waals surface area contributed by atoms with E-state index in [1.807, 2.05) is 68.4 Å². The molecule has 11 nitrogen and oxygen atoms in total. The van der Waals surface area contributed by atoms with E-state index >= 15 is 0 Å². The third-order valence-corrected chi connectivity index (χ3v) is 8.44. The summed E-state index contributed by atoms with van der Waals surface area (Å²) in [4.78, 5) is 43.5. The van der Waals surface area contributed by atoms with Crippen molar-refractivity contribution in [2.45, 2.75) is 38.3 Å². The molecule has 2 atom stereocenters. The van der Waals surface area contributed by atoms with E-state index in [2.05, 4.69) is 15.6 Å². The van der Waals surface area contributed by atoms with E-state index in [0.29, 0.717) is 41.4 Å². The van der Waals surface area contributed by atoms with Gasteiger partial charge in [-0.1, -0.05) is 36.4 Å². The number of hydrogen-bond donors (Lipinski definition) is 3. The number of aliphatic hydroxyl groups is 1. The van der Waals surface area contributed by atoms with Crippen molar-refractivity contribution in [3.05, 3.63) is 78.4 Å². The van der Waals surface area contributed by atoms with Gasteiger partial charge in [0, 0.05) is 58.1 Å². The van der Waals surface area contributed by atoms with Crippen LogP contribution in [0.2, 0.25) is 0 Å². The largest absolute Gasteiger partial charge is 0.441 e. The lowest BCUT2D eigenvalue weighted by molar-refractivity contribution is -0.0123. The molecule has 2 aliphatic heterocycles. The summed E-state index contributed by atoms with van der Waals surface area (Å²) in [5.74, 6) is -0.855. The van der Waals surface area contributed by atoms with Gasteiger partial charge in [-0.05, 0) is 18.6 Å². The van der Waals surface area contributed by atoms with Gasteiger partial charge in [-0.25, -0.2) is 9.78 Å². The number of alkyl carbamates (subject to hydrolysis) is 1. The fraction of sp³-hybridized carbons (Fsp3) is 0.226. The molecule has 11 heteroatoms. The van der Waals surface area contributed by atoms with Gasteiger partial charge in [0.2, 0.25) is 0 Å². The second-order valence-corrected chi connectivity index (χ2v) is 10.8. The van der Waals surface area contributed by atoms with Crippen LogP contribution in [0.3, 0.4) is 0 Å². The standard InChI is InChI=1S/C31H26N6O5/c38-21-14-36-19-8-3-1-6-17(19)23-25-26(30(40)34-29(25)39)24-18-7-2-4-9-20(18)37(28(24)27(23)36)15-22(21)42-31(41)33-10-5-12-35-13-11-32-16-35/h1-4,6-9,11,13,16,21-22,38H,5,10,12,14-15H2,(H,33,41)(H,34,39,40). The molecular weight excluding hydrogens is 536 g/mol. The molecule has 2 unspecified atom stereocenters. The summed E-state index contributed by atoms with van der Waals surface area (Å²) in [7, 11) is 0. The zero-order chi connectivity index (χ0) is 28.5. The number of amides is 3. The fourth-order valence-corrected chi connectivity index (χ4v) is 6.69. The quantitative estimate of drug-likeness (QED) is 0.218. The smallest absolute Gasteiger partial charge is 0.407 e. The Hall–Kier alpha value is -5.16. The van der Waals surface area contributed by atoms with Crippen molar-refractivity contribution in [2.75, 3.05) is 6.54 Å². The molecule has 0 fully saturated rings. The number of aromatic nitrogens is 4. The summed E-state index contributed by atoms with van der Waals surface area (Å²) >= 11 is 0. The summed E-state index contributed by atoms with van der Waals surface area (Å²) in [5, 5.41) is 19.8. The van der Waals surface area contributed by atoms with E-state index in [0.717, 1.165) is 32.8 Å². The highest BCUT2D eigenvalue weighted by atomic mass is 16.6. The van der Waals surface area contributed by atoms with Crippen LogP contribution in [0.5, 0.6) is 0 Å². The van der Waals surface area contributed by atoms with E-state index in [-0.39, 0.29) is 13.1 Å². The number of carbonyl (C=O) groups excluding carboxylic acids is 3. The molecule has 6 aromatic rings. The Morgan fingerprint density at radius 3 is 2.19 bits per heavy atom. The van der Waals surface area contributed by atoms with Crippen LogP contribution in [0.25, 0.3) is 43.6 Å². The number of nitrogens with one attached hydrogen (secondary N) is 2. The maximum Gasteiger partial charge on any atom is 0.407 e. The van der Waals surface area contributed by atoms with E-state index < -0.39 is 30.1 Å². The van der Waals surface area contributed by atoms with Gasteiger partial charge in [0.25, 0.3) is 11.8 Å². The molecule has 3 N–H and O–H groups in total. The van der Waals surface area contributed by atoms with Crippen LogP contribution in [-0.2, 0) is 24.4 Å². The number of aryl methyl sites for hydroxylation is 1. The number of imidazole rings is 1. The predicted molar refractivity (Wildman–Crippen MR) is 155 cm³/mol. The molecule has 0 bridgehead atoms. The van der Waals surface area contributed by atoms with Crippen LogP contribution < -0.4 is 10.6 Å². The third kappa shape index (κ3) is 3.50. The summed E-state index contributed by atoms with van der Waals surface area (Å²) in [6.45, 7) is 1.40. The van der Waals surface area contributed by atoms with Gasteiger partial charge in [0.15, 0.2) is 0 Å². The van der Waals surface area contributed by atoms with Gasteiger partial charge in [-0.2, -0.15) is 0 Å². The summed E-state index contributed by atoms with van der Waals surface area (Å²) in [6, 6.07) is 15.3. The molecule has 0 spiro atoms. The number of rotatable bonds is 5. The Morgan fingerprint density at radius 2 is 1.57 bits per heavy atom. The minimum Gasteiger partial charge on any atom is -0.441 e. The number of ether oxygens (including phenoxy) is 1. The molecule has 8 rings (SSSR count). The zero-order valence-electron chi connectivity index (χ0n) is 22.4. The SMILES string of the molecule is O=C(NCCCn1ccnc1)OC1Cn2c3ccccc3c3c4c(c5c6ccccc6n(c5c32)CC1O)C(=O)NC4=O. The van der Waals surface area contributed by atoms with Crippen LogP contribution in [-0.4, -0.2) is 60.5 Å². The van der Waals surface area contributed by atoms with Crippen molar-refractivity contribution in [1.29, 1.82) is 0 Å². The first-order chi connectivity index (χ1) is 20.5. The van der Waals surface area contributed by atoms with Crippen molar-refractivity contribution in [1.82, 2.24) is 29.3 Å². The summed E-state index contributed by atoms with van der Waals surface area (Å²) < 4.78 is 11.8. The first-order valence-electron chi connectivity index (χ1n) is 13.9. The molecule has 0 saturated carbocycles. The van der Waals surface area contributed by atoms with Crippen LogP contribution in [0.15, 0.2) is 67.3 Å². The molecule has 3 amide bonds. The molecule has 3 aromatic carbocycles. The molecule has 5 heterocycles. The van der Waals surface area contributed by atoms with E-state index in [9.17, 15) is 19.5 Å². The number of hydrogen-bond acceptors (Lipinski definition) is 6. The minimum atomic E-state index is -1.05. The molecular formula is C31H26N6O5. The molecule has 0 aliphatic carbocycles. The van der Waals surface area contributed by atoms with Crippen LogP contribution in [0.1, 0.15) is 27.1 Å². The highest BCUT2D eigenvalue weighted by molar-refractivity contribution is 6.39. The summed E-state index contributed by atoms with van der Waals surface area (Å²) in [5.41, 5.74) is 3.89. The second-order valence-electron chi connectivity index (χ2n) is 10.8. The Labute approximate surface area is 238 Å². The van der Waals surface area contributed by atoms with E-state index in [4.69, 9.17) is 4.74 Å². The van der Waals surface area contributed by atoms with Crippen molar-refractivity contribution in [3.63, 3.8) is 0 Å². The average Bonchev–Trinajstić information content (AvgIpc) is 3.75. The van der Waals surface area contributed by atoms with Crippen molar-refractivity contribution in [2.24, 2.45) is 0 Å². The van der Waals surface area contributed by atoms with Crippen molar-refractivity contribution in [3.8, 4) is 0 Å².